The molecule has 0 aromatic heterocycles. The number of rotatable bonds is 46. The molecule has 0 amide bonds. The van der Waals surface area contributed by atoms with Crippen LogP contribution in [0.15, 0.2) is 146 Å². The lowest BCUT2D eigenvalue weighted by molar-refractivity contribution is 0.0318. The van der Waals surface area contributed by atoms with Crippen molar-refractivity contribution in [2.45, 2.75) is 27.7 Å². The van der Waals surface area contributed by atoms with Crippen LogP contribution in [0.4, 0.5) is 0 Å². The van der Waals surface area contributed by atoms with Gasteiger partial charge in [-0.3, -0.25) is 50.9 Å². The predicted octanol–water partition coefficient (Wildman–Crippen LogP) is 11.6. The van der Waals surface area contributed by atoms with E-state index in [9.17, 15) is 71.2 Å². The van der Waals surface area contributed by atoms with E-state index >= 15 is 0 Å². The van der Waals surface area contributed by atoms with Crippen LogP contribution < -0.4 is 0 Å². The Hall–Kier alpha value is -9.12. The molecule has 0 aliphatic rings. The van der Waals surface area contributed by atoms with E-state index in [1.807, 2.05) is 0 Å². The highest BCUT2D eigenvalue weighted by atomic mass is 35.7. The number of phosphoric ester groups is 2. The van der Waals surface area contributed by atoms with Gasteiger partial charge in [-0.1, -0.05) is 24.3 Å². The highest BCUT2D eigenvalue weighted by Gasteiger charge is 2.29. The molecule has 6 rings (SSSR count). The van der Waals surface area contributed by atoms with E-state index in [4.69, 9.17) is 124 Å². The Morgan fingerprint density at radius 3 is 0.693 bits per heavy atom. The summed E-state index contributed by atoms with van der Waals surface area (Å²) in [7, 11) is -5.09. The van der Waals surface area contributed by atoms with E-state index < -0.39 is 92.6 Å². The third kappa shape index (κ3) is 38.8. The summed E-state index contributed by atoms with van der Waals surface area (Å²) in [6.45, 7) is 0.554. The van der Waals surface area contributed by atoms with E-state index in [-0.39, 0.29) is 181 Å². The van der Waals surface area contributed by atoms with Gasteiger partial charge in [-0.15, -0.1) is 0 Å². The van der Waals surface area contributed by atoms with Gasteiger partial charge in [-0.2, -0.15) is 0 Å². The fourth-order valence-electron chi connectivity index (χ4n) is 8.15. The quantitative estimate of drug-likeness (QED) is 0.00895. The van der Waals surface area contributed by atoms with Crippen molar-refractivity contribution in [3.05, 3.63) is 212 Å². The van der Waals surface area contributed by atoms with Crippen LogP contribution in [0.1, 0.15) is 152 Å². The SMILES string of the molecule is CCOP(=O)(Cl)CC(=O)c1ccc(C(=O)OCCO)cc1.CCOP(=O)(OCCOC(=O)c1ccc(C(=O)OCCO)cc1)OCCOC(=O)c1ccc(C(=O)OCCOC)cc1.CCOP(=O)(OCCOC(=O)c1ccc(C(C)=O)cc1)OCCOC(=O)c1ccc(C(=O)OCCOC)cc1.O=C(Cl)c1ccc(C(=O)Cl)cc1. The number of halogens is 3. The monoisotopic (exact) mass is 1710 g/mol. The molecule has 0 saturated carbocycles. The summed E-state index contributed by atoms with van der Waals surface area (Å²) in [6, 6.07) is 34.1. The van der Waals surface area contributed by atoms with Crippen LogP contribution >= 0.6 is 56.8 Å². The Kier molecular flexibility index (Phi) is 47.5. The Morgan fingerprint density at radius 2 is 0.491 bits per heavy atom. The molecular weight excluding hydrogens is 1630 g/mol. The van der Waals surface area contributed by atoms with Gasteiger partial charge in [0, 0.05) is 36.5 Å². The number of carbonyl (C=O) groups is 12. The van der Waals surface area contributed by atoms with Crippen LogP contribution in [0.5, 0.6) is 0 Å². The first-order valence-corrected chi connectivity index (χ1v) is 40.4. The van der Waals surface area contributed by atoms with Crippen molar-refractivity contribution in [3.63, 3.8) is 0 Å². The molecule has 6 aromatic rings. The van der Waals surface area contributed by atoms with Crippen LogP contribution in [0.3, 0.4) is 0 Å². The summed E-state index contributed by atoms with van der Waals surface area (Å²) in [5.41, 5.74) is 3.13. The zero-order chi connectivity index (χ0) is 84.5. The van der Waals surface area contributed by atoms with Gasteiger partial charge in [0.15, 0.2) is 11.6 Å². The Balaban J connectivity index is 0.000000427. The van der Waals surface area contributed by atoms with E-state index in [0.29, 0.717) is 16.7 Å². The summed E-state index contributed by atoms with van der Waals surface area (Å²) < 4.78 is 122. The van der Waals surface area contributed by atoms with Gasteiger partial charge in [-0.25, -0.2) is 47.5 Å². The maximum Gasteiger partial charge on any atom is 0.475 e. The summed E-state index contributed by atoms with van der Waals surface area (Å²) in [5.74, 6) is -5.67. The van der Waals surface area contributed by atoms with Crippen molar-refractivity contribution in [1.29, 1.82) is 0 Å². The molecular formula is C74H84Cl3O34P3. The number of ketones is 2. The number of hydrogen-bond acceptors (Lipinski definition) is 34. The number of methoxy groups -OCH3 is 2. The number of aliphatic hydroxyl groups excluding tert-OH is 2. The van der Waals surface area contributed by atoms with Crippen LogP contribution in [0.25, 0.3) is 0 Å². The number of Topliss-reactive ketones (excluding diaryl/α,β-unsaturated/α-hetero) is 2. The second-order valence-corrected chi connectivity index (χ2v) is 29.1. The van der Waals surface area contributed by atoms with E-state index in [0.717, 1.165) is 0 Å². The molecule has 114 heavy (non-hydrogen) atoms. The number of aliphatic hydroxyl groups is 2. The topological polar surface area (TPSA) is 453 Å². The second kappa shape index (κ2) is 54.6. The van der Waals surface area contributed by atoms with E-state index in [1.165, 1.54) is 167 Å². The van der Waals surface area contributed by atoms with Crippen LogP contribution in [-0.4, -0.2) is 226 Å². The Morgan fingerprint density at radius 1 is 0.289 bits per heavy atom. The van der Waals surface area contributed by atoms with Gasteiger partial charge >= 0.3 is 63.4 Å². The normalized spacial score (nSPS) is 12.2. The third-order valence-electron chi connectivity index (χ3n) is 13.6. The standard InChI is InChI=1S/C27H33O14P.C26H31O12P.C13H16ClO6P.C8H4Cl2O2/c1-3-39-42(33,40-18-16-37-26(31)22-6-4-20(5-7-22)24(29)35-13-12-28)41-19-17-38-27(32)23-10-8-21(9-11-23)25(30)36-15-14-34-2;1-4-36-39(31,37-17-15-34-25(29)21-7-5-20(6-8-21)19(2)27)38-18-16-35-26(30)23-11-9-22(10-12-23)24(28)33-14-13-32-3;1-2-20-21(14,18)9-12(16)10-3-5-11(6-4-10)13(17)19-8-7-15;9-7(11)5-1-2-6(4-3-5)8(10)12/h4-11,28H,3,12-19H2,1-2H3;5-12H,4,13-18H2,1-3H3;3-6,15H,2,7-9H2,1H3;1-4H. The maximum atomic E-state index is 12.8. The van der Waals surface area contributed by atoms with Crippen LogP contribution in [0, 0.1) is 0 Å². The Labute approximate surface area is 669 Å². The van der Waals surface area contributed by atoms with Gasteiger partial charge in [0.25, 0.3) is 17.2 Å². The number of carbonyl (C=O) groups excluding carboxylic acids is 12. The molecule has 40 heteroatoms. The minimum atomic E-state index is -4.05. The van der Waals surface area contributed by atoms with E-state index in [1.54, 1.807) is 20.8 Å². The lowest BCUT2D eigenvalue weighted by atomic mass is 10.1. The van der Waals surface area contributed by atoms with E-state index in [2.05, 4.69) is 0 Å². The molecule has 0 radical (unpaired) electrons. The maximum absolute atomic E-state index is 12.8. The van der Waals surface area contributed by atoms with Gasteiger partial charge in [0.05, 0.1) is 117 Å². The number of esters is 8. The fourth-order valence-corrected chi connectivity index (χ4v) is 12.3. The third-order valence-corrected chi connectivity index (χ3v) is 19.1. The van der Waals surface area contributed by atoms with Crippen molar-refractivity contribution < 1.29 is 160 Å². The lowest BCUT2D eigenvalue weighted by Gasteiger charge is -2.17. The highest BCUT2D eigenvalue weighted by Crippen LogP contribution is 2.53. The number of benzene rings is 6. The first kappa shape index (κ1) is 99.1. The molecule has 620 valence electrons. The first-order valence-electron chi connectivity index (χ1n) is 34.0. The molecule has 0 heterocycles. The minimum Gasteiger partial charge on any atom is -0.460 e. The largest absolute Gasteiger partial charge is 0.475 e. The Bertz CT molecular complexity index is 4190. The van der Waals surface area contributed by atoms with Crippen LogP contribution in [0.2, 0.25) is 0 Å². The lowest BCUT2D eigenvalue weighted by Crippen LogP contribution is -2.14. The number of ether oxygens (including phenoxy) is 10. The molecule has 3 unspecified atom stereocenters. The summed E-state index contributed by atoms with van der Waals surface area (Å²) >= 11 is 16.0. The zero-order valence-electron chi connectivity index (χ0n) is 62.4. The number of hydrogen-bond donors (Lipinski definition) is 2. The van der Waals surface area contributed by atoms with Crippen molar-refractivity contribution in [2.24, 2.45) is 0 Å². The smallest absolute Gasteiger partial charge is 0.460 e. The number of phosphoric acid groups is 2. The fraction of sp³-hybridized carbons (Fsp3) is 0.351. The molecule has 0 spiro atoms. The molecule has 0 aliphatic carbocycles. The summed E-state index contributed by atoms with van der Waals surface area (Å²) in [4.78, 5) is 140. The predicted molar refractivity (Wildman–Crippen MR) is 406 cm³/mol. The van der Waals surface area contributed by atoms with Gasteiger partial charge in [-0.05, 0) is 183 Å². The molecule has 0 bridgehead atoms. The second-order valence-electron chi connectivity index (χ2n) is 21.7. The molecule has 2 N–H and O–H groups in total. The van der Waals surface area contributed by atoms with Crippen molar-refractivity contribution in [1.82, 2.24) is 0 Å². The van der Waals surface area contributed by atoms with Gasteiger partial charge in [0.1, 0.15) is 59.0 Å². The molecule has 3 atom stereocenters. The average molecular weight is 1720 g/mol. The average Bonchev–Trinajstić information content (AvgIpc) is 0.880. The first-order chi connectivity index (χ1) is 54.4. The molecule has 0 aliphatic heterocycles. The van der Waals surface area contributed by atoms with Gasteiger partial charge in [0.2, 0.25) is 0 Å². The molecule has 0 fully saturated rings. The highest BCUT2D eigenvalue weighted by molar-refractivity contribution is 7.86. The van der Waals surface area contributed by atoms with Crippen molar-refractivity contribution >= 4 is 127 Å². The van der Waals surface area contributed by atoms with Gasteiger partial charge < -0.3 is 62.1 Å². The minimum absolute atomic E-state index is 0.00973. The zero-order valence-corrected chi connectivity index (χ0v) is 67.4. The summed E-state index contributed by atoms with van der Waals surface area (Å²) in [6.07, 6.45) is -0.406. The molecule has 6 aromatic carbocycles. The summed E-state index contributed by atoms with van der Waals surface area (Å²) in [5, 5.41) is 16.2. The van der Waals surface area contributed by atoms with Crippen LogP contribution in [-0.2, 0) is 92.7 Å². The molecule has 34 nitrogen and oxygen atoms in total. The van der Waals surface area contributed by atoms with Crippen molar-refractivity contribution in [2.75, 3.05) is 146 Å². The molecule has 0 saturated heterocycles. The van der Waals surface area contributed by atoms with Crippen molar-refractivity contribution in [3.8, 4) is 0 Å².